The van der Waals surface area contributed by atoms with Gasteiger partial charge in [0.05, 0.1) is 28.1 Å². The first-order valence-electron chi connectivity index (χ1n) is 9.28. The van der Waals surface area contributed by atoms with Gasteiger partial charge < -0.3 is 13.8 Å². The molecule has 4 aromatic rings. The van der Waals surface area contributed by atoms with Gasteiger partial charge in [0.25, 0.3) is 5.56 Å². The van der Waals surface area contributed by atoms with Crippen molar-refractivity contribution in [3.8, 4) is 11.6 Å². The lowest BCUT2D eigenvalue weighted by Crippen LogP contribution is -2.36. The van der Waals surface area contributed by atoms with Crippen LogP contribution in [0.5, 0.6) is 0 Å². The molecule has 1 aliphatic heterocycles. The predicted octanol–water partition coefficient (Wildman–Crippen LogP) is 4.11. The minimum absolute atomic E-state index is 0.211. The maximum Gasteiger partial charge on any atom is 0.342 e. The van der Waals surface area contributed by atoms with Crippen molar-refractivity contribution >= 4 is 38.5 Å². The van der Waals surface area contributed by atoms with E-state index < -0.39 is 5.63 Å². The number of hydrogen-bond donors (Lipinski definition) is 1. The van der Waals surface area contributed by atoms with Crippen molar-refractivity contribution < 1.29 is 8.83 Å². The number of furan rings is 1. The van der Waals surface area contributed by atoms with Crippen LogP contribution in [0.1, 0.15) is 16.8 Å². The van der Waals surface area contributed by atoms with Gasteiger partial charge in [-0.25, -0.2) is 9.78 Å². The van der Waals surface area contributed by atoms with Crippen molar-refractivity contribution in [1.82, 2.24) is 14.9 Å². The lowest BCUT2D eigenvalue weighted by Gasteiger charge is -2.27. The molecule has 3 aromatic heterocycles. The van der Waals surface area contributed by atoms with Gasteiger partial charge in [0.15, 0.2) is 11.6 Å². The number of benzene rings is 1. The van der Waals surface area contributed by atoms with Gasteiger partial charge in [0.2, 0.25) is 0 Å². The molecule has 0 aliphatic carbocycles. The number of halogens is 2. The van der Waals surface area contributed by atoms with Crippen molar-refractivity contribution in [3.05, 3.63) is 83.7 Å². The summed E-state index contributed by atoms with van der Waals surface area (Å²) < 4.78 is 11.6. The van der Waals surface area contributed by atoms with E-state index in [1.807, 2.05) is 11.0 Å². The maximum absolute atomic E-state index is 12.6. The van der Waals surface area contributed by atoms with Crippen LogP contribution in [0.2, 0.25) is 5.02 Å². The number of rotatable bonds is 3. The van der Waals surface area contributed by atoms with Crippen LogP contribution < -0.4 is 11.2 Å². The zero-order chi connectivity index (χ0) is 20.8. The van der Waals surface area contributed by atoms with Crippen LogP contribution in [0.25, 0.3) is 22.6 Å². The van der Waals surface area contributed by atoms with Crippen molar-refractivity contribution in [1.29, 1.82) is 0 Å². The van der Waals surface area contributed by atoms with Crippen LogP contribution in [0.15, 0.2) is 59.5 Å². The Hall–Kier alpha value is -2.68. The Bertz CT molecular complexity index is 1380. The van der Waals surface area contributed by atoms with E-state index in [0.29, 0.717) is 58.2 Å². The second-order valence-electron chi connectivity index (χ2n) is 7.10. The molecule has 9 heteroatoms. The summed E-state index contributed by atoms with van der Waals surface area (Å²) >= 11 is 9.96. The Morgan fingerprint density at radius 3 is 2.93 bits per heavy atom. The van der Waals surface area contributed by atoms with Gasteiger partial charge >= 0.3 is 5.63 Å². The lowest BCUT2D eigenvalue weighted by atomic mass is 10.1. The molecule has 0 unspecified atom stereocenters. The topological polar surface area (TPSA) is 92.3 Å². The number of aromatic nitrogens is 2. The summed E-state index contributed by atoms with van der Waals surface area (Å²) in [6.07, 6.45) is 2.11. The highest BCUT2D eigenvalue weighted by Gasteiger charge is 2.24. The summed E-state index contributed by atoms with van der Waals surface area (Å²) in [7, 11) is 0. The molecular formula is C21H15BrClN3O4. The Morgan fingerprint density at radius 2 is 2.13 bits per heavy atom. The molecule has 0 amide bonds. The summed E-state index contributed by atoms with van der Waals surface area (Å²) in [6, 6.07) is 8.81. The smallest absolute Gasteiger partial charge is 0.342 e. The molecule has 152 valence electrons. The highest BCUT2D eigenvalue weighted by Crippen LogP contribution is 2.29. The number of H-pyrrole nitrogens is 1. The fourth-order valence-corrected chi connectivity index (χ4v) is 4.33. The van der Waals surface area contributed by atoms with Crippen molar-refractivity contribution in [2.75, 3.05) is 6.54 Å². The number of fused-ring (bicyclic) bond motifs is 2. The molecule has 4 heterocycles. The van der Waals surface area contributed by atoms with Gasteiger partial charge in [0, 0.05) is 35.9 Å². The predicted molar refractivity (Wildman–Crippen MR) is 116 cm³/mol. The second-order valence-corrected chi connectivity index (χ2v) is 8.39. The Labute approximate surface area is 183 Å². The zero-order valence-corrected chi connectivity index (χ0v) is 17.9. The molecule has 1 aromatic carbocycles. The SMILES string of the molecule is O=c1[nH]c(-c2ccco2)nc2c1CN(Cc1c(Cl)c3cc(Br)ccc3oc1=O)CC2. The second kappa shape index (κ2) is 7.54. The van der Waals surface area contributed by atoms with Crippen LogP contribution >= 0.6 is 27.5 Å². The van der Waals surface area contributed by atoms with E-state index in [1.165, 1.54) is 6.26 Å². The molecule has 1 N–H and O–H groups in total. The molecule has 0 saturated carbocycles. The first-order valence-corrected chi connectivity index (χ1v) is 10.5. The first-order chi connectivity index (χ1) is 14.5. The van der Waals surface area contributed by atoms with Crippen LogP contribution in [0, 0.1) is 0 Å². The average molecular weight is 489 g/mol. The van der Waals surface area contributed by atoms with Crippen molar-refractivity contribution in [3.63, 3.8) is 0 Å². The van der Waals surface area contributed by atoms with Crippen LogP contribution in [0.3, 0.4) is 0 Å². The molecule has 0 fully saturated rings. The quantitative estimate of drug-likeness (QED) is 0.436. The molecule has 0 saturated heterocycles. The van der Waals surface area contributed by atoms with Gasteiger partial charge in [-0.3, -0.25) is 9.69 Å². The molecule has 1 aliphatic rings. The third-order valence-corrected chi connectivity index (χ3v) is 6.10. The summed E-state index contributed by atoms with van der Waals surface area (Å²) in [5.74, 6) is 0.935. The van der Waals surface area contributed by atoms with E-state index in [9.17, 15) is 9.59 Å². The number of nitrogens with one attached hydrogen (secondary N) is 1. The van der Waals surface area contributed by atoms with Crippen LogP contribution in [0.4, 0.5) is 0 Å². The van der Waals surface area contributed by atoms with Gasteiger partial charge in [-0.15, -0.1) is 0 Å². The fraction of sp³-hybridized carbons (Fsp3) is 0.190. The molecule has 5 rings (SSSR count). The molecule has 30 heavy (non-hydrogen) atoms. The van der Waals surface area contributed by atoms with E-state index >= 15 is 0 Å². The summed E-state index contributed by atoms with van der Waals surface area (Å²) in [6.45, 7) is 1.28. The molecule has 7 nitrogen and oxygen atoms in total. The maximum atomic E-state index is 12.6. The summed E-state index contributed by atoms with van der Waals surface area (Å²) in [5.41, 5.74) is 1.45. The van der Waals surface area contributed by atoms with E-state index in [2.05, 4.69) is 25.9 Å². The Balaban J connectivity index is 1.46. The summed E-state index contributed by atoms with van der Waals surface area (Å²) in [4.78, 5) is 34.5. The highest BCUT2D eigenvalue weighted by atomic mass is 79.9. The molecular weight excluding hydrogens is 474 g/mol. The van der Waals surface area contributed by atoms with Crippen LogP contribution in [-0.2, 0) is 19.5 Å². The third-order valence-electron chi connectivity index (χ3n) is 5.18. The minimum Gasteiger partial charge on any atom is -0.461 e. The van der Waals surface area contributed by atoms with Gasteiger partial charge in [-0.1, -0.05) is 27.5 Å². The highest BCUT2D eigenvalue weighted by molar-refractivity contribution is 9.10. The van der Waals surface area contributed by atoms with E-state index in [1.54, 1.807) is 24.3 Å². The van der Waals surface area contributed by atoms with Crippen molar-refractivity contribution in [2.24, 2.45) is 0 Å². The van der Waals surface area contributed by atoms with Crippen molar-refractivity contribution in [2.45, 2.75) is 19.5 Å². The molecule has 0 atom stereocenters. The van der Waals surface area contributed by atoms with Crippen LogP contribution in [-0.4, -0.2) is 21.4 Å². The Kier molecular flexibility index (Phi) is 4.85. The standard InChI is InChI=1S/C21H15BrClN3O4/c22-11-3-4-16-12(8-11)18(23)14(21(28)30-16)10-26-6-5-15-13(9-26)20(27)25-19(24-15)17-2-1-7-29-17/h1-4,7-8H,5-6,9-10H2,(H,24,25,27). The largest absolute Gasteiger partial charge is 0.461 e. The van der Waals surface area contributed by atoms with E-state index in [-0.39, 0.29) is 12.1 Å². The van der Waals surface area contributed by atoms with Gasteiger partial charge in [-0.2, -0.15) is 0 Å². The van der Waals surface area contributed by atoms with Gasteiger partial charge in [0.1, 0.15) is 5.58 Å². The third kappa shape index (κ3) is 3.40. The molecule has 0 radical (unpaired) electrons. The molecule has 0 bridgehead atoms. The summed E-state index contributed by atoms with van der Waals surface area (Å²) in [5, 5.41) is 1.04. The normalized spacial score (nSPS) is 14.2. The minimum atomic E-state index is -0.471. The lowest BCUT2D eigenvalue weighted by molar-refractivity contribution is 0.239. The zero-order valence-electron chi connectivity index (χ0n) is 15.6. The monoisotopic (exact) mass is 487 g/mol. The molecule has 0 spiro atoms. The van der Waals surface area contributed by atoms with E-state index in [0.717, 1.165) is 10.2 Å². The first kappa shape index (κ1) is 19.3. The number of aromatic amines is 1. The number of nitrogens with zero attached hydrogens (tertiary/aromatic N) is 2. The number of hydrogen-bond acceptors (Lipinski definition) is 6. The Morgan fingerprint density at radius 1 is 1.27 bits per heavy atom. The fourth-order valence-electron chi connectivity index (χ4n) is 3.68. The van der Waals surface area contributed by atoms with Gasteiger partial charge in [-0.05, 0) is 30.3 Å². The average Bonchev–Trinajstić information content (AvgIpc) is 3.27. The van der Waals surface area contributed by atoms with E-state index in [4.69, 9.17) is 20.4 Å².